The lowest BCUT2D eigenvalue weighted by atomic mass is 10.1. The molecule has 24 heavy (non-hydrogen) atoms. The quantitative estimate of drug-likeness (QED) is 0.732. The van der Waals surface area contributed by atoms with E-state index in [1.807, 2.05) is 18.2 Å². The van der Waals surface area contributed by atoms with Gasteiger partial charge in [0.2, 0.25) is 5.91 Å². The van der Waals surface area contributed by atoms with Crippen LogP contribution in [-0.4, -0.2) is 36.2 Å². The molecule has 0 aliphatic heterocycles. The molecule has 2 heterocycles. The summed E-state index contributed by atoms with van der Waals surface area (Å²) in [6.45, 7) is 0.399. The van der Waals surface area contributed by atoms with Gasteiger partial charge in [-0.3, -0.25) is 14.2 Å². The molecule has 1 amide bonds. The highest BCUT2D eigenvalue weighted by atomic mass is 32.1. The van der Waals surface area contributed by atoms with Crippen molar-refractivity contribution >= 4 is 28.7 Å². The Morgan fingerprint density at radius 1 is 1.29 bits per heavy atom. The van der Waals surface area contributed by atoms with Crippen LogP contribution < -0.4 is 11.2 Å². The first-order chi connectivity index (χ1) is 11.5. The number of nitrogens with zero attached hydrogens (tertiary/aromatic N) is 4. The van der Waals surface area contributed by atoms with Crippen molar-refractivity contribution in [1.29, 1.82) is 0 Å². The van der Waals surface area contributed by atoms with Gasteiger partial charge in [-0.05, 0) is 17.7 Å². The summed E-state index contributed by atoms with van der Waals surface area (Å²) in [7, 11) is 3.04. The van der Waals surface area contributed by atoms with E-state index in [0.29, 0.717) is 6.54 Å². The number of hydrogen-bond acceptors (Lipinski definition) is 6. The number of H-pyrrole nitrogens is 1. The zero-order valence-electron chi connectivity index (χ0n) is 13.1. The summed E-state index contributed by atoms with van der Waals surface area (Å²) in [6, 6.07) is 5.65. The molecule has 0 bridgehead atoms. The Balaban J connectivity index is 1.74. The molecule has 1 aromatic carbocycles. The van der Waals surface area contributed by atoms with Crippen LogP contribution in [-0.2, 0) is 24.8 Å². The fourth-order valence-corrected chi connectivity index (χ4v) is 2.85. The Hall–Kier alpha value is -2.81. The van der Waals surface area contributed by atoms with E-state index < -0.39 is 11.2 Å². The van der Waals surface area contributed by atoms with Crippen molar-refractivity contribution in [1.82, 2.24) is 23.2 Å². The van der Waals surface area contributed by atoms with Crippen molar-refractivity contribution in [3.05, 3.63) is 56.4 Å². The van der Waals surface area contributed by atoms with Gasteiger partial charge in [-0.15, -0.1) is 0 Å². The first-order valence-corrected chi connectivity index (χ1v) is 7.91. The molecule has 9 heteroatoms. The van der Waals surface area contributed by atoms with E-state index in [0.717, 1.165) is 32.9 Å². The van der Waals surface area contributed by atoms with Crippen molar-refractivity contribution in [3.8, 4) is 0 Å². The second-order valence-electron chi connectivity index (χ2n) is 5.50. The van der Waals surface area contributed by atoms with Crippen molar-refractivity contribution in [3.63, 3.8) is 0 Å². The molecule has 0 atom stereocenters. The number of carbonyl (C=O) groups is 1. The molecule has 3 rings (SSSR count). The standard InChI is InChI=1S/C15H15N5O3S/c1-19(8-9-3-4-11-12(5-9)18-24-17-11)13(21)6-10-7-16-15(23)20(2)14(10)22/h3-5,7H,6,8H2,1-2H3,(H,16,23). The summed E-state index contributed by atoms with van der Waals surface area (Å²) >= 11 is 1.15. The molecule has 1 N–H and O–H groups in total. The second kappa shape index (κ2) is 6.36. The molecule has 8 nitrogen and oxygen atoms in total. The fourth-order valence-electron chi connectivity index (χ4n) is 2.33. The minimum absolute atomic E-state index is 0.0690. The fraction of sp³-hybridized carbons (Fsp3) is 0.267. The Labute approximate surface area is 140 Å². The minimum Gasteiger partial charge on any atom is -0.341 e. The summed E-state index contributed by atoms with van der Waals surface area (Å²) in [5.41, 5.74) is 1.85. The lowest BCUT2D eigenvalue weighted by molar-refractivity contribution is -0.129. The molecule has 0 saturated heterocycles. The van der Waals surface area contributed by atoms with Gasteiger partial charge in [0.1, 0.15) is 11.0 Å². The van der Waals surface area contributed by atoms with Gasteiger partial charge in [-0.2, -0.15) is 8.75 Å². The van der Waals surface area contributed by atoms with E-state index in [1.54, 1.807) is 7.05 Å². The topological polar surface area (TPSA) is 101 Å². The number of nitrogens with one attached hydrogen (secondary N) is 1. The van der Waals surface area contributed by atoms with E-state index in [-0.39, 0.29) is 17.9 Å². The van der Waals surface area contributed by atoms with Gasteiger partial charge in [0.05, 0.1) is 18.1 Å². The van der Waals surface area contributed by atoms with Crippen LogP contribution in [0.15, 0.2) is 34.0 Å². The van der Waals surface area contributed by atoms with Crippen LogP contribution in [0.5, 0.6) is 0 Å². The van der Waals surface area contributed by atoms with Crippen molar-refractivity contribution in [2.75, 3.05) is 7.05 Å². The van der Waals surface area contributed by atoms with Crippen LogP contribution in [0.25, 0.3) is 11.0 Å². The number of hydrogen-bond donors (Lipinski definition) is 1. The van der Waals surface area contributed by atoms with E-state index in [4.69, 9.17) is 0 Å². The molecular weight excluding hydrogens is 330 g/mol. The maximum Gasteiger partial charge on any atom is 0.328 e. The van der Waals surface area contributed by atoms with E-state index in [2.05, 4.69) is 13.7 Å². The Bertz CT molecular complexity index is 1020. The lowest BCUT2D eigenvalue weighted by Gasteiger charge is -2.17. The molecule has 3 aromatic rings. The third-order valence-corrected chi connectivity index (χ3v) is 4.32. The Kier molecular flexibility index (Phi) is 4.26. The van der Waals surface area contributed by atoms with Gasteiger partial charge in [0.25, 0.3) is 5.56 Å². The van der Waals surface area contributed by atoms with E-state index >= 15 is 0 Å². The van der Waals surface area contributed by atoms with Gasteiger partial charge in [0.15, 0.2) is 0 Å². The lowest BCUT2D eigenvalue weighted by Crippen LogP contribution is -2.37. The number of amides is 1. The second-order valence-corrected chi connectivity index (χ2v) is 6.03. The maximum atomic E-state index is 12.3. The number of aromatic amines is 1. The maximum absolute atomic E-state index is 12.3. The first kappa shape index (κ1) is 16.1. The van der Waals surface area contributed by atoms with Gasteiger partial charge < -0.3 is 9.88 Å². The highest BCUT2D eigenvalue weighted by Crippen LogP contribution is 2.14. The third-order valence-electron chi connectivity index (χ3n) is 3.76. The highest BCUT2D eigenvalue weighted by molar-refractivity contribution is 7.00. The van der Waals surface area contributed by atoms with Crippen LogP contribution in [0.3, 0.4) is 0 Å². The predicted molar refractivity (Wildman–Crippen MR) is 89.9 cm³/mol. The molecule has 0 aliphatic rings. The molecular formula is C15H15N5O3S. The molecule has 0 radical (unpaired) electrons. The van der Waals surface area contributed by atoms with Gasteiger partial charge in [-0.1, -0.05) is 6.07 Å². The Morgan fingerprint density at radius 2 is 2.04 bits per heavy atom. The van der Waals surface area contributed by atoms with Crippen LogP contribution in [0.2, 0.25) is 0 Å². The van der Waals surface area contributed by atoms with Crippen LogP contribution in [0.4, 0.5) is 0 Å². The molecule has 0 aliphatic carbocycles. The van der Waals surface area contributed by atoms with E-state index in [9.17, 15) is 14.4 Å². The zero-order chi connectivity index (χ0) is 17.3. The first-order valence-electron chi connectivity index (χ1n) is 7.18. The van der Waals surface area contributed by atoms with Gasteiger partial charge >= 0.3 is 5.69 Å². The normalized spacial score (nSPS) is 10.9. The summed E-state index contributed by atoms with van der Waals surface area (Å²) in [5.74, 6) is -0.212. The number of rotatable bonds is 4. The SMILES string of the molecule is CN(Cc1ccc2nsnc2c1)C(=O)Cc1c[nH]c(=O)n(C)c1=O. The van der Waals surface area contributed by atoms with Gasteiger partial charge in [0, 0.05) is 32.4 Å². The number of benzene rings is 1. The number of aromatic nitrogens is 4. The average molecular weight is 345 g/mol. The molecule has 0 fully saturated rings. The highest BCUT2D eigenvalue weighted by Gasteiger charge is 2.14. The molecule has 0 saturated carbocycles. The third kappa shape index (κ3) is 3.11. The molecule has 0 unspecified atom stereocenters. The summed E-state index contributed by atoms with van der Waals surface area (Å²) in [4.78, 5) is 39.6. The Morgan fingerprint density at radius 3 is 2.83 bits per heavy atom. The number of fused-ring (bicyclic) bond motifs is 1. The largest absolute Gasteiger partial charge is 0.341 e. The molecule has 124 valence electrons. The summed E-state index contributed by atoms with van der Waals surface area (Å²) in [5, 5.41) is 0. The van der Waals surface area contributed by atoms with E-state index in [1.165, 1.54) is 18.1 Å². The minimum atomic E-state index is -0.505. The molecule has 2 aromatic heterocycles. The van der Waals surface area contributed by atoms with Crippen molar-refractivity contribution in [2.45, 2.75) is 13.0 Å². The monoisotopic (exact) mass is 345 g/mol. The van der Waals surface area contributed by atoms with Crippen molar-refractivity contribution in [2.24, 2.45) is 7.05 Å². The van der Waals surface area contributed by atoms with Crippen LogP contribution in [0, 0.1) is 0 Å². The van der Waals surface area contributed by atoms with Gasteiger partial charge in [-0.25, -0.2) is 4.79 Å². The smallest absolute Gasteiger partial charge is 0.328 e. The van der Waals surface area contributed by atoms with Crippen LogP contribution in [0.1, 0.15) is 11.1 Å². The zero-order valence-corrected chi connectivity index (χ0v) is 14.0. The average Bonchev–Trinajstić information content (AvgIpc) is 3.03. The summed E-state index contributed by atoms with van der Waals surface area (Å²) < 4.78 is 9.27. The van der Waals surface area contributed by atoms with Crippen LogP contribution >= 0.6 is 11.7 Å². The predicted octanol–water partition coefficient (Wildman–Crippen LogP) is 0.279. The van der Waals surface area contributed by atoms with Crippen molar-refractivity contribution < 1.29 is 4.79 Å². The molecule has 0 spiro atoms. The summed E-state index contributed by atoms with van der Waals surface area (Å²) in [6.07, 6.45) is 1.23. The number of carbonyl (C=O) groups excluding carboxylic acids is 1. The number of likely N-dealkylation sites (N-methyl/N-ethyl adjacent to an activating group) is 1.